The molecule has 0 aliphatic carbocycles. The van der Waals surface area contributed by atoms with E-state index in [1.165, 1.54) is 0 Å². The number of rotatable bonds is 9. The molecule has 0 saturated heterocycles. The Morgan fingerprint density at radius 1 is 0.789 bits per heavy atom. The predicted octanol–water partition coefficient (Wildman–Crippen LogP) is -2.21. The molecule has 7 nitrogen and oxygen atoms in total. The first-order valence-electron chi connectivity index (χ1n) is 5.69. The molecule has 0 amide bonds. The molecular weight excluding hydrogens is 256 g/mol. The highest BCUT2D eigenvalue weighted by Crippen LogP contribution is 2.03. The summed E-state index contributed by atoms with van der Waals surface area (Å²) in [6, 6.07) is 0. The van der Waals surface area contributed by atoms with Gasteiger partial charge in [-0.15, -0.1) is 13.2 Å². The number of hydrogen-bond donors (Lipinski definition) is 6. The minimum absolute atomic E-state index is 0.617. The van der Waals surface area contributed by atoms with Crippen LogP contribution in [0.1, 0.15) is 0 Å². The second kappa shape index (κ2) is 13.6. The SMILES string of the molecule is C=CCOCC=C.OC[C@@H](O)[C@@H](O)[C@H](O)[C@H](O)CO. The fraction of sp³-hybridized carbons (Fsp3) is 0.667. The fourth-order valence-corrected chi connectivity index (χ4v) is 0.906. The van der Waals surface area contributed by atoms with Gasteiger partial charge in [-0.25, -0.2) is 0 Å². The van der Waals surface area contributed by atoms with E-state index in [1.54, 1.807) is 12.2 Å². The Labute approximate surface area is 112 Å². The maximum atomic E-state index is 8.96. The fourth-order valence-electron chi connectivity index (χ4n) is 0.906. The lowest BCUT2D eigenvalue weighted by Crippen LogP contribution is -2.46. The van der Waals surface area contributed by atoms with E-state index in [1.807, 2.05) is 0 Å². The Bertz CT molecular complexity index is 200. The van der Waals surface area contributed by atoms with Crippen molar-refractivity contribution in [1.82, 2.24) is 0 Å². The molecule has 19 heavy (non-hydrogen) atoms. The van der Waals surface area contributed by atoms with Crippen LogP contribution in [-0.2, 0) is 4.74 Å². The summed E-state index contributed by atoms with van der Waals surface area (Å²) >= 11 is 0. The zero-order valence-corrected chi connectivity index (χ0v) is 10.8. The molecule has 0 radical (unpaired) electrons. The number of ether oxygens (including phenoxy) is 1. The van der Waals surface area contributed by atoms with Crippen molar-refractivity contribution in [2.24, 2.45) is 0 Å². The van der Waals surface area contributed by atoms with Crippen LogP contribution in [-0.4, -0.2) is 81.5 Å². The third-order valence-corrected chi connectivity index (χ3v) is 1.98. The largest absolute Gasteiger partial charge is 0.394 e. The van der Waals surface area contributed by atoms with Crippen molar-refractivity contribution >= 4 is 0 Å². The summed E-state index contributed by atoms with van der Waals surface area (Å²) in [7, 11) is 0. The predicted molar refractivity (Wildman–Crippen MR) is 69.4 cm³/mol. The molecule has 0 aromatic rings. The number of aliphatic hydroxyl groups is 6. The molecule has 6 N–H and O–H groups in total. The average Bonchev–Trinajstić information content (AvgIpc) is 2.45. The maximum Gasteiger partial charge on any atom is 0.111 e. The highest BCUT2D eigenvalue weighted by atomic mass is 16.5. The third-order valence-electron chi connectivity index (χ3n) is 1.98. The van der Waals surface area contributed by atoms with Crippen molar-refractivity contribution in [3.05, 3.63) is 25.3 Å². The molecular formula is C12H24O7. The molecule has 0 bridgehead atoms. The van der Waals surface area contributed by atoms with Crippen molar-refractivity contribution in [1.29, 1.82) is 0 Å². The lowest BCUT2D eigenvalue weighted by atomic mass is 10.0. The van der Waals surface area contributed by atoms with Crippen molar-refractivity contribution < 1.29 is 35.4 Å². The zero-order valence-electron chi connectivity index (χ0n) is 10.8. The topological polar surface area (TPSA) is 131 Å². The first-order chi connectivity index (χ1) is 8.95. The third kappa shape index (κ3) is 10.8. The van der Waals surface area contributed by atoms with E-state index in [0.29, 0.717) is 13.2 Å². The molecule has 0 aromatic heterocycles. The number of aliphatic hydroxyl groups excluding tert-OH is 6. The lowest BCUT2D eigenvalue weighted by molar-refractivity contribution is -0.123. The Hall–Kier alpha value is -0.800. The van der Waals surface area contributed by atoms with Gasteiger partial charge in [0.15, 0.2) is 0 Å². The highest BCUT2D eigenvalue weighted by Gasteiger charge is 2.29. The van der Waals surface area contributed by atoms with E-state index in [9.17, 15) is 0 Å². The number of hydrogen-bond acceptors (Lipinski definition) is 7. The van der Waals surface area contributed by atoms with Crippen molar-refractivity contribution in [3.63, 3.8) is 0 Å². The zero-order chi connectivity index (χ0) is 15.3. The van der Waals surface area contributed by atoms with Crippen LogP contribution in [0.15, 0.2) is 25.3 Å². The Morgan fingerprint density at radius 2 is 1.11 bits per heavy atom. The van der Waals surface area contributed by atoms with Gasteiger partial charge in [0.25, 0.3) is 0 Å². The van der Waals surface area contributed by atoms with E-state index in [-0.39, 0.29) is 0 Å². The van der Waals surface area contributed by atoms with E-state index < -0.39 is 37.6 Å². The van der Waals surface area contributed by atoms with Crippen molar-refractivity contribution in [2.45, 2.75) is 24.4 Å². The molecule has 0 aliphatic heterocycles. The van der Waals surface area contributed by atoms with Crippen molar-refractivity contribution in [2.75, 3.05) is 26.4 Å². The van der Waals surface area contributed by atoms with Gasteiger partial charge in [0, 0.05) is 0 Å². The minimum Gasteiger partial charge on any atom is -0.394 e. The molecule has 0 fully saturated rings. The lowest BCUT2D eigenvalue weighted by Gasteiger charge is -2.24. The van der Waals surface area contributed by atoms with Gasteiger partial charge >= 0.3 is 0 Å². The second-order valence-electron chi connectivity index (χ2n) is 3.60. The van der Waals surface area contributed by atoms with Crippen LogP contribution < -0.4 is 0 Å². The Kier molecular flexibility index (Phi) is 14.7. The van der Waals surface area contributed by atoms with Crippen LogP contribution in [0.3, 0.4) is 0 Å². The van der Waals surface area contributed by atoms with E-state index >= 15 is 0 Å². The molecule has 7 heteroatoms. The van der Waals surface area contributed by atoms with Crippen molar-refractivity contribution in [3.8, 4) is 0 Å². The summed E-state index contributed by atoms with van der Waals surface area (Å²) in [5.41, 5.74) is 0. The summed E-state index contributed by atoms with van der Waals surface area (Å²) in [6.07, 6.45) is -2.97. The van der Waals surface area contributed by atoms with Crippen LogP contribution in [0, 0.1) is 0 Å². The summed E-state index contributed by atoms with van der Waals surface area (Å²) in [6.45, 7) is 6.73. The molecule has 0 saturated carbocycles. The molecule has 0 aromatic carbocycles. The van der Waals surface area contributed by atoms with Crippen LogP contribution in [0.25, 0.3) is 0 Å². The minimum atomic E-state index is -1.67. The normalized spacial score (nSPS) is 16.5. The quantitative estimate of drug-likeness (QED) is 0.208. The monoisotopic (exact) mass is 280 g/mol. The van der Waals surface area contributed by atoms with Gasteiger partial charge in [-0.05, 0) is 0 Å². The molecule has 0 rings (SSSR count). The van der Waals surface area contributed by atoms with Crippen LogP contribution in [0.2, 0.25) is 0 Å². The van der Waals surface area contributed by atoms with E-state index in [0.717, 1.165) is 0 Å². The Balaban J connectivity index is 0. The van der Waals surface area contributed by atoms with Crippen LogP contribution >= 0.6 is 0 Å². The van der Waals surface area contributed by atoms with Gasteiger partial charge < -0.3 is 35.4 Å². The summed E-state index contributed by atoms with van der Waals surface area (Å²) in [5, 5.41) is 52.2. The standard InChI is InChI=1S/C6H14O6.C6H10O/c7-1-3(9)5(11)6(12)4(10)2-8;1-3-5-7-6-4-2/h3-12H,1-2H2;3-4H,1-2,5-6H2/t3-,4-,5-,6-;/m1./s1. The van der Waals surface area contributed by atoms with Gasteiger partial charge in [-0.1, -0.05) is 12.2 Å². The van der Waals surface area contributed by atoms with Crippen LogP contribution in [0.4, 0.5) is 0 Å². The smallest absolute Gasteiger partial charge is 0.111 e. The Morgan fingerprint density at radius 3 is 1.32 bits per heavy atom. The molecule has 0 aliphatic rings. The van der Waals surface area contributed by atoms with E-state index in [4.69, 9.17) is 35.4 Å². The molecule has 114 valence electrons. The maximum absolute atomic E-state index is 8.96. The molecule has 0 heterocycles. The van der Waals surface area contributed by atoms with Gasteiger partial charge in [-0.3, -0.25) is 0 Å². The average molecular weight is 280 g/mol. The molecule has 4 atom stereocenters. The van der Waals surface area contributed by atoms with Gasteiger partial charge in [0.1, 0.15) is 24.4 Å². The summed E-state index contributed by atoms with van der Waals surface area (Å²) in [4.78, 5) is 0. The van der Waals surface area contributed by atoms with Gasteiger partial charge in [-0.2, -0.15) is 0 Å². The molecule has 0 spiro atoms. The molecule has 0 unspecified atom stereocenters. The highest BCUT2D eigenvalue weighted by molar-refractivity contribution is 4.79. The van der Waals surface area contributed by atoms with Crippen LogP contribution in [0.5, 0.6) is 0 Å². The first-order valence-corrected chi connectivity index (χ1v) is 5.69. The van der Waals surface area contributed by atoms with Gasteiger partial charge in [0.2, 0.25) is 0 Å². The second-order valence-corrected chi connectivity index (χ2v) is 3.60. The summed E-state index contributed by atoms with van der Waals surface area (Å²) < 4.78 is 4.90. The summed E-state index contributed by atoms with van der Waals surface area (Å²) in [5.74, 6) is 0. The van der Waals surface area contributed by atoms with E-state index in [2.05, 4.69) is 13.2 Å². The first kappa shape index (κ1) is 20.5. The van der Waals surface area contributed by atoms with Gasteiger partial charge in [0.05, 0.1) is 26.4 Å².